The first kappa shape index (κ1) is 11.1. The Kier molecular flexibility index (Phi) is 5.12. The van der Waals surface area contributed by atoms with Crippen molar-refractivity contribution in [1.29, 1.82) is 0 Å². The molecule has 1 rings (SSSR count). The summed E-state index contributed by atoms with van der Waals surface area (Å²) < 4.78 is 5.39. The lowest BCUT2D eigenvalue weighted by molar-refractivity contribution is 0.363. The number of halogens is 1. The second-order valence-corrected chi connectivity index (χ2v) is 3.10. The summed E-state index contributed by atoms with van der Waals surface area (Å²) in [5, 5.41) is 3.09. The molecule has 2 nitrogen and oxygen atoms in total. The van der Waals surface area contributed by atoms with E-state index in [0.29, 0.717) is 6.61 Å². The van der Waals surface area contributed by atoms with Crippen molar-refractivity contribution in [3.63, 3.8) is 0 Å². The van der Waals surface area contributed by atoms with Crippen LogP contribution in [0.1, 0.15) is 5.56 Å². The smallest absolute Gasteiger partial charge is 0.119 e. The molecule has 0 fully saturated rings. The Morgan fingerprint density at radius 2 is 2.07 bits per heavy atom. The quantitative estimate of drug-likeness (QED) is 0.808. The minimum atomic E-state index is 0.509. The summed E-state index contributed by atoms with van der Waals surface area (Å²) in [7, 11) is 1.93. The van der Waals surface area contributed by atoms with Crippen LogP contribution in [0.5, 0.6) is 5.75 Å². The standard InChI is InChI=1S/C11H14ClNO/c1-13-9-10-3-5-11(6-4-10)14-8-2-7-12/h2-7,13H,8-9H2,1H3/b7-2+. The molecule has 1 aromatic rings. The van der Waals surface area contributed by atoms with Gasteiger partial charge in [-0.25, -0.2) is 0 Å². The highest BCUT2D eigenvalue weighted by Crippen LogP contribution is 2.11. The van der Waals surface area contributed by atoms with Crippen LogP contribution < -0.4 is 10.1 Å². The molecule has 0 aliphatic rings. The molecule has 0 saturated heterocycles. The van der Waals surface area contributed by atoms with E-state index in [-0.39, 0.29) is 0 Å². The maximum absolute atomic E-state index is 5.39. The summed E-state index contributed by atoms with van der Waals surface area (Å²) in [6.07, 6.45) is 1.75. The third-order valence-electron chi connectivity index (χ3n) is 1.74. The van der Waals surface area contributed by atoms with E-state index in [1.165, 1.54) is 11.1 Å². The summed E-state index contributed by atoms with van der Waals surface area (Å²) in [4.78, 5) is 0. The molecule has 0 spiro atoms. The molecule has 0 atom stereocenters. The Balaban J connectivity index is 2.46. The molecule has 14 heavy (non-hydrogen) atoms. The van der Waals surface area contributed by atoms with Gasteiger partial charge in [-0.3, -0.25) is 0 Å². The predicted octanol–water partition coefficient (Wildman–Crippen LogP) is 2.54. The second-order valence-electron chi connectivity index (χ2n) is 2.85. The molecule has 3 heteroatoms. The van der Waals surface area contributed by atoms with Crippen molar-refractivity contribution in [3.8, 4) is 5.75 Å². The van der Waals surface area contributed by atoms with Gasteiger partial charge in [-0.05, 0) is 30.8 Å². The van der Waals surface area contributed by atoms with Gasteiger partial charge in [-0.2, -0.15) is 0 Å². The average molecular weight is 212 g/mol. The van der Waals surface area contributed by atoms with Gasteiger partial charge in [0.2, 0.25) is 0 Å². The zero-order chi connectivity index (χ0) is 10.2. The Morgan fingerprint density at radius 3 is 2.64 bits per heavy atom. The second kappa shape index (κ2) is 6.46. The predicted molar refractivity (Wildman–Crippen MR) is 59.7 cm³/mol. The first-order chi connectivity index (χ1) is 6.86. The maximum Gasteiger partial charge on any atom is 0.119 e. The van der Waals surface area contributed by atoms with Crippen LogP contribution in [0.15, 0.2) is 35.9 Å². The van der Waals surface area contributed by atoms with Gasteiger partial charge >= 0.3 is 0 Å². The first-order valence-electron chi connectivity index (χ1n) is 4.48. The van der Waals surface area contributed by atoms with E-state index in [1.54, 1.807) is 6.08 Å². The Labute approximate surface area is 89.5 Å². The summed E-state index contributed by atoms with van der Waals surface area (Å²) in [5.74, 6) is 0.861. The SMILES string of the molecule is CNCc1ccc(OC/C=C/Cl)cc1. The summed E-state index contributed by atoms with van der Waals surface area (Å²) in [6, 6.07) is 7.98. The van der Waals surface area contributed by atoms with Crippen molar-refractivity contribution in [2.75, 3.05) is 13.7 Å². The molecule has 0 radical (unpaired) electrons. The number of hydrogen-bond acceptors (Lipinski definition) is 2. The highest BCUT2D eigenvalue weighted by atomic mass is 35.5. The summed E-state index contributed by atoms with van der Waals surface area (Å²) >= 11 is 5.37. The van der Waals surface area contributed by atoms with Crippen LogP contribution in [0.2, 0.25) is 0 Å². The lowest BCUT2D eigenvalue weighted by Crippen LogP contribution is -2.04. The largest absolute Gasteiger partial charge is 0.490 e. The zero-order valence-corrected chi connectivity index (χ0v) is 8.92. The van der Waals surface area contributed by atoms with Gasteiger partial charge in [0.15, 0.2) is 0 Å². The monoisotopic (exact) mass is 211 g/mol. The Bertz CT molecular complexity index is 282. The van der Waals surface area contributed by atoms with E-state index >= 15 is 0 Å². The molecular weight excluding hydrogens is 198 g/mol. The molecule has 76 valence electrons. The third-order valence-corrected chi connectivity index (χ3v) is 1.92. The van der Waals surface area contributed by atoms with Crippen LogP contribution >= 0.6 is 11.6 Å². The fourth-order valence-electron chi connectivity index (χ4n) is 1.09. The van der Waals surface area contributed by atoms with Crippen molar-refractivity contribution in [3.05, 3.63) is 41.4 Å². The molecule has 1 aromatic carbocycles. The highest BCUT2D eigenvalue weighted by molar-refractivity contribution is 6.25. The molecule has 0 aliphatic carbocycles. The van der Waals surface area contributed by atoms with Crippen LogP contribution in [0.25, 0.3) is 0 Å². The first-order valence-corrected chi connectivity index (χ1v) is 4.92. The van der Waals surface area contributed by atoms with Crippen molar-refractivity contribution in [1.82, 2.24) is 5.32 Å². The average Bonchev–Trinajstić information content (AvgIpc) is 2.21. The molecule has 0 saturated carbocycles. The Morgan fingerprint density at radius 1 is 1.36 bits per heavy atom. The van der Waals surface area contributed by atoms with Crippen LogP contribution in [0.4, 0.5) is 0 Å². The van der Waals surface area contributed by atoms with E-state index in [4.69, 9.17) is 16.3 Å². The van der Waals surface area contributed by atoms with Crippen molar-refractivity contribution < 1.29 is 4.74 Å². The molecular formula is C11H14ClNO. The number of rotatable bonds is 5. The van der Waals surface area contributed by atoms with E-state index in [0.717, 1.165) is 12.3 Å². The fraction of sp³-hybridized carbons (Fsp3) is 0.273. The van der Waals surface area contributed by atoms with Gasteiger partial charge in [0.1, 0.15) is 12.4 Å². The van der Waals surface area contributed by atoms with Crippen LogP contribution in [0.3, 0.4) is 0 Å². The normalized spacial score (nSPS) is 10.7. The van der Waals surface area contributed by atoms with Gasteiger partial charge in [0.05, 0.1) is 0 Å². The van der Waals surface area contributed by atoms with Crippen molar-refractivity contribution in [2.45, 2.75) is 6.54 Å². The topological polar surface area (TPSA) is 21.3 Å². The number of benzene rings is 1. The molecule has 0 unspecified atom stereocenters. The minimum Gasteiger partial charge on any atom is -0.490 e. The van der Waals surface area contributed by atoms with Crippen molar-refractivity contribution in [2.24, 2.45) is 0 Å². The number of nitrogens with one attached hydrogen (secondary N) is 1. The highest BCUT2D eigenvalue weighted by Gasteiger charge is 1.93. The van der Waals surface area contributed by atoms with Gasteiger partial charge in [-0.1, -0.05) is 23.7 Å². The van der Waals surface area contributed by atoms with E-state index in [2.05, 4.69) is 5.32 Å². The molecule has 0 aliphatic heterocycles. The fourth-order valence-corrected chi connectivity index (χ4v) is 1.16. The zero-order valence-electron chi connectivity index (χ0n) is 8.16. The van der Waals surface area contributed by atoms with E-state index in [9.17, 15) is 0 Å². The lowest BCUT2D eigenvalue weighted by atomic mass is 10.2. The van der Waals surface area contributed by atoms with Gasteiger partial charge < -0.3 is 10.1 Å². The molecule has 0 heterocycles. The molecule has 0 aromatic heterocycles. The van der Waals surface area contributed by atoms with Crippen molar-refractivity contribution >= 4 is 11.6 Å². The molecule has 0 bridgehead atoms. The van der Waals surface area contributed by atoms with Crippen LogP contribution in [-0.4, -0.2) is 13.7 Å². The van der Waals surface area contributed by atoms with Crippen LogP contribution in [0, 0.1) is 0 Å². The van der Waals surface area contributed by atoms with Gasteiger partial charge in [-0.15, -0.1) is 0 Å². The van der Waals surface area contributed by atoms with Gasteiger partial charge in [0.25, 0.3) is 0 Å². The lowest BCUT2D eigenvalue weighted by Gasteiger charge is -2.04. The molecule has 1 N–H and O–H groups in total. The minimum absolute atomic E-state index is 0.509. The molecule has 0 amide bonds. The maximum atomic E-state index is 5.39. The number of ether oxygens (including phenoxy) is 1. The summed E-state index contributed by atoms with van der Waals surface area (Å²) in [5.41, 5.74) is 2.70. The Hall–Kier alpha value is -0.990. The van der Waals surface area contributed by atoms with E-state index in [1.807, 2.05) is 31.3 Å². The van der Waals surface area contributed by atoms with Gasteiger partial charge in [0, 0.05) is 12.1 Å². The van der Waals surface area contributed by atoms with Crippen LogP contribution in [-0.2, 0) is 6.54 Å². The van der Waals surface area contributed by atoms with E-state index < -0.39 is 0 Å². The summed E-state index contributed by atoms with van der Waals surface area (Å²) in [6.45, 7) is 1.39. The third kappa shape index (κ3) is 3.81. The number of hydrogen-bond donors (Lipinski definition) is 1.